The van der Waals surface area contributed by atoms with Crippen molar-refractivity contribution in [3.8, 4) is 0 Å². The standard InChI is InChI=1S/C13H20N4O3/c1-8-9(10(14)18)11(16(3)15-8)17-7-5-4-6-13(17,2)12(19)20/h4-7H2,1-3H3,(H2,14,18)(H,19,20). The van der Waals surface area contributed by atoms with Crippen molar-refractivity contribution in [2.45, 2.75) is 38.6 Å². The maximum absolute atomic E-state index is 11.7. The topological polar surface area (TPSA) is 101 Å². The molecule has 1 aliphatic heterocycles. The van der Waals surface area contributed by atoms with Crippen LogP contribution in [0, 0.1) is 6.92 Å². The Labute approximate surface area is 117 Å². The molecule has 3 N–H and O–H groups in total. The van der Waals surface area contributed by atoms with Crippen LogP contribution in [0.15, 0.2) is 0 Å². The number of hydrogen-bond donors (Lipinski definition) is 2. The lowest BCUT2D eigenvalue weighted by Gasteiger charge is -2.43. The van der Waals surface area contributed by atoms with Crippen LogP contribution in [0.3, 0.4) is 0 Å². The molecule has 0 saturated carbocycles. The molecular formula is C13H20N4O3. The molecule has 1 amide bonds. The molecule has 20 heavy (non-hydrogen) atoms. The first-order valence-electron chi connectivity index (χ1n) is 6.63. The zero-order valence-corrected chi connectivity index (χ0v) is 12.0. The number of carbonyl (C=O) groups excluding carboxylic acids is 1. The fourth-order valence-corrected chi connectivity index (χ4v) is 2.93. The summed E-state index contributed by atoms with van der Waals surface area (Å²) in [7, 11) is 1.70. The molecule has 0 aliphatic carbocycles. The number of aliphatic carboxylic acids is 1. The van der Waals surface area contributed by atoms with Gasteiger partial charge >= 0.3 is 5.97 Å². The van der Waals surface area contributed by atoms with E-state index in [0.717, 1.165) is 12.8 Å². The van der Waals surface area contributed by atoms with Crippen molar-refractivity contribution in [2.75, 3.05) is 11.4 Å². The maximum atomic E-state index is 11.7. The number of aromatic nitrogens is 2. The van der Waals surface area contributed by atoms with Crippen LogP contribution in [-0.4, -0.2) is 38.8 Å². The molecule has 1 saturated heterocycles. The first kappa shape index (κ1) is 14.4. The summed E-state index contributed by atoms with van der Waals surface area (Å²) in [4.78, 5) is 25.1. The highest BCUT2D eigenvalue weighted by molar-refractivity contribution is 6.00. The molecule has 1 aromatic heterocycles. The molecular weight excluding hydrogens is 260 g/mol. The minimum Gasteiger partial charge on any atom is -0.480 e. The van der Waals surface area contributed by atoms with E-state index in [9.17, 15) is 14.7 Å². The third-order valence-corrected chi connectivity index (χ3v) is 4.05. The summed E-state index contributed by atoms with van der Waals surface area (Å²) >= 11 is 0. The number of rotatable bonds is 3. The van der Waals surface area contributed by atoms with E-state index in [0.29, 0.717) is 30.0 Å². The van der Waals surface area contributed by atoms with Gasteiger partial charge in [0.1, 0.15) is 16.9 Å². The Morgan fingerprint density at radius 3 is 2.60 bits per heavy atom. The Balaban J connectivity index is 2.59. The number of aryl methyl sites for hydroxylation is 2. The molecule has 0 radical (unpaired) electrons. The number of nitrogens with two attached hydrogens (primary N) is 1. The number of carboxylic acids is 1. The predicted octanol–water partition coefficient (Wildman–Crippen LogP) is 0.661. The van der Waals surface area contributed by atoms with E-state index >= 15 is 0 Å². The Kier molecular flexibility index (Phi) is 3.45. The van der Waals surface area contributed by atoms with Gasteiger partial charge in [0.25, 0.3) is 5.91 Å². The molecule has 1 aliphatic rings. The molecule has 0 spiro atoms. The SMILES string of the molecule is Cc1nn(C)c(N2CCCCC2(C)C(=O)O)c1C(N)=O. The average molecular weight is 280 g/mol. The van der Waals surface area contributed by atoms with Gasteiger partial charge in [-0.2, -0.15) is 5.10 Å². The van der Waals surface area contributed by atoms with Gasteiger partial charge in [0.2, 0.25) is 0 Å². The van der Waals surface area contributed by atoms with E-state index < -0.39 is 17.4 Å². The fraction of sp³-hybridized carbons (Fsp3) is 0.615. The van der Waals surface area contributed by atoms with Crippen LogP contribution >= 0.6 is 0 Å². The zero-order valence-electron chi connectivity index (χ0n) is 12.0. The van der Waals surface area contributed by atoms with E-state index in [-0.39, 0.29) is 0 Å². The maximum Gasteiger partial charge on any atom is 0.329 e. The predicted molar refractivity (Wildman–Crippen MR) is 73.7 cm³/mol. The average Bonchev–Trinajstić information content (AvgIpc) is 2.64. The fourth-order valence-electron chi connectivity index (χ4n) is 2.93. The van der Waals surface area contributed by atoms with E-state index in [4.69, 9.17) is 5.73 Å². The van der Waals surface area contributed by atoms with Crippen molar-refractivity contribution in [3.05, 3.63) is 11.3 Å². The van der Waals surface area contributed by atoms with E-state index in [1.807, 2.05) is 0 Å². The largest absolute Gasteiger partial charge is 0.480 e. The van der Waals surface area contributed by atoms with Crippen molar-refractivity contribution in [1.82, 2.24) is 9.78 Å². The van der Waals surface area contributed by atoms with Crippen LogP contribution in [-0.2, 0) is 11.8 Å². The van der Waals surface area contributed by atoms with Crippen molar-refractivity contribution >= 4 is 17.7 Å². The second-order valence-corrected chi connectivity index (χ2v) is 5.46. The van der Waals surface area contributed by atoms with Gasteiger partial charge in [-0.15, -0.1) is 0 Å². The molecule has 2 rings (SSSR count). The van der Waals surface area contributed by atoms with E-state index in [1.165, 1.54) is 0 Å². The smallest absolute Gasteiger partial charge is 0.329 e. The molecule has 7 heteroatoms. The molecule has 1 unspecified atom stereocenters. The second-order valence-electron chi connectivity index (χ2n) is 5.46. The van der Waals surface area contributed by atoms with Gasteiger partial charge < -0.3 is 15.7 Å². The first-order chi connectivity index (χ1) is 9.29. The van der Waals surface area contributed by atoms with E-state index in [2.05, 4.69) is 5.10 Å². The van der Waals surface area contributed by atoms with Crippen LogP contribution < -0.4 is 10.6 Å². The Bertz CT molecular complexity index is 566. The molecule has 110 valence electrons. The number of piperidine rings is 1. The number of hydrogen-bond acceptors (Lipinski definition) is 4. The van der Waals surface area contributed by atoms with Crippen LogP contribution in [0.2, 0.25) is 0 Å². The van der Waals surface area contributed by atoms with Crippen LogP contribution in [0.1, 0.15) is 42.2 Å². The number of carboxylic acid groups (broad SMARTS) is 1. The molecule has 1 aromatic rings. The highest BCUT2D eigenvalue weighted by atomic mass is 16.4. The molecule has 1 fully saturated rings. The minimum atomic E-state index is -1.04. The van der Waals surface area contributed by atoms with E-state index in [1.54, 1.807) is 30.5 Å². The van der Waals surface area contributed by atoms with Crippen LogP contribution in [0.5, 0.6) is 0 Å². The van der Waals surface area contributed by atoms with Gasteiger partial charge in [0, 0.05) is 13.6 Å². The lowest BCUT2D eigenvalue weighted by atomic mass is 9.88. The molecule has 2 heterocycles. The third kappa shape index (κ3) is 2.03. The second kappa shape index (κ2) is 4.81. The quantitative estimate of drug-likeness (QED) is 0.847. The van der Waals surface area contributed by atoms with Crippen LogP contribution in [0.25, 0.3) is 0 Å². The van der Waals surface area contributed by atoms with Crippen molar-refractivity contribution in [2.24, 2.45) is 12.8 Å². The lowest BCUT2D eigenvalue weighted by molar-refractivity contribution is -0.143. The molecule has 0 aromatic carbocycles. The Hall–Kier alpha value is -2.05. The van der Waals surface area contributed by atoms with Crippen molar-refractivity contribution in [3.63, 3.8) is 0 Å². The van der Waals surface area contributed by atoms with Crippen molar-refractivity contribution < 1.29 is 14.7 Å². The summed E-state index contributed by atoms with van der Waals surface area (Å²) in [5.74, 6) is -0.977. The molecule has 0 bridgehead atoms. The summed E-state index contributed by atoms with van der Waals surface area (Å²) in [5, 5.41) is 13.8. The van der Waals surface area contributed by atoms with Gasteiger partial charge in [-0.3, -0.25) is 9.48 Å². The monoisotopic (exact) mass is 280 g/mol. The lowest BCUT2D eigenvalue weighted by Crippen LogP contribution is -2.56. The zero-order chi connectivity index (χ0) is 15.1. The summed E-state index contributed by atoms with van der Waals surface area (Å²) in [6.45, 7) is 3.95. The third-order valence-electron chi connectivity index (χ3n) is 4.05. The first-order valence-corrected chi connectivity index (χ1v) is 6.63. The summed E-state index contributed by atoms with van der Waals surface area (Å²) in [5.41, 5.74) is 5.22. The number of primary amides is 1. The Morgan fingerprint density at radius 1 is 1.40 bits per heavy atom. The minimum absolute atomic E-state index is 0.307. The van der Waals surface area contributed by atoms with Crippen molar-refractivity contribution in [1.29, 1.82) is 0 Å². The van der Waals surface area contributed by atoms with Gasteiger partial charge in [-0.25, -0.2) is 4.79 Å². The highest BCUT2D eigenvalue weighted by Crippen LogP contribution is 2.35. The van der Waals surface area contributed by atoms with Gasteiger partial charge in [0.15, 0.2) is 0 Å². The normalized spacial score (nSPS) is 22.9. The van der Waals surface area contributed by atoms with Gasteiger partial charge in [0.05, 0.1) is 5.69 Å². The molecule has 7 nitrogen and oxygen atoms in total. The van der Waals surface area contributed by atoms with Gasteiger partial charge in [-0.05, 0) is 33.1 Å². The van der Waals surface area contributed by atoms with Gasteiger partial charge in [-0.1, -0.05) is 0 Å². The Morgan fingerprint density at radius 2 is 2.05 bits per heavy atom. The number of carbonyl (C=O) groups is 2. The summed E-state index contributed by atoms with van der Waals surface area (Å²) in [6.07, 6.45) is 2.26. The van der Waals surface area contributed by atoms with Crippen LogP contribution in [0.4, 0.5) is 5.82 Å². The molecule has 1 atom stereocenters. The summed E-state index contributed by atoms with van der Waals surface area (Å²) in [6, 6.07) is 0. The summed E-state index contributed by atoms with van der Waals surface area (Å²) < 4.78 is 1.54. The number of nitrogens with zero attached hydrogens (tertiary/aromatic N) is 3. The highest BCUT2D eigenvalue weighted by Gasteiger charge is 2.44. The number of amides is 1. The number of anilines is 1.